The van der Waals surface area contributed by atoms with Crippen molar-refractivity contribution in [2.24, 2.45) is 0 Å². The van der Waals surface area contributed by atoms with Crippen LogP contribution < -0.4 is 4.90 Å². The van der Waals surface area contributed by atoms with Gasteiger partial charge in [-0.25, -0.2) is 9.37 Å². The van der Waals surface area contributed by atoms with Gasteiger partial charge >= 0.3 is 0 Å². The van der Waals surface area contributed by atoms with E-state index < -0.39 is 0 Å². The summed E-state index contributed by atoms with van der Waals surface area (Å²) in [5.74, 6) is 0.421. The molecule has 0 saturated carbocycles. The lowest BCUT2D eigenvalue weighted by Crippen LogP contribution is -2.18. The summed E-state index contributed by atoms with van der Waals surface area (Å²) in [6, 6.07) is 16.7. The molecule has 0 aliphatic carbocycles. The Morgan fingerprint density at radius 2 is 1.83 bits per heavy atom. The highest BCUT2D eigenvalue weighted by atomic mass is 19.1. The minimum atomic E-state index is -0.243. The molecule has 0 bridgehead atoms. The van der Waals surface area contributed by atoms with E-state index in [1.54, 1.807) is 24.6 Å². The molecule has 1 aliphatic rings. The normalized spacial score (nSPS) is 17.3. The van der Waals surface area contributed by atoms with Crippen molar-refractivity contribution >= 4 is 11.3 Å². The molecule has 1 atom stereocenters. The van der Waals surface area contributed by atoms with Crippen molar-refractivity contribution in [3.05, 3.63) is 90.5 Å². The number of aromatic nitrogens is 1. The summed E-state index contributed by atoms with van der Waals surface area (Å²) < 4.78 is 18.7. The molecule has 23 heavy (non-hydrogen) atoms. The Balaban J connectivity index is 1.74. The van der Waals surface area contributed by atoms with Crippen molar-refractivity contribution in [3.63, 3.8) is 0 Å². The van der Waals surface area contributed by atoms with Crippen LogP contribution in [0.5, 0.6) is 0 Å². The molecular formula is C19H15FN2O. The second kappa shape index (κ2) is 5.72. The smallest absolute Gasteiger partial charge is 0.217 e. The maximum Gasteiger partial charge on any atom is 0.217 e. The molecule has 3 nitrogen and oxygen atoms in total. The van der Waals surface area contributed by atoms with Crippen molar-refractivity contribution in [3.8, 4) is 0 Å². The van der Waals surface area contributed by atoms with Gasteiger partial charge in [-0.2, -0.15) is 0 Å². The van der Waals surface area contributed by atoms with E-state index in [4.69, 9.17) is 4.42 Å². The summed E-state index contributed by atoms with van der Waals surface area (Å²) >= 11 is 0. The molecule has 4 heteroatoms. The van der Waals surface area contributed by atoms with Gasteiger partial charge in [-0.15, -0.1) is 0 Å². The third-order valence-electron chi connectivity index (χ3n) is 4.05. The topological polar surface area (TPSA) is 29.3 Å². The van der Waals surface area contributed by atoms with E-state index in [9.17, 15) is 4.39 Å². The Kier molecular flexibility index (Phi) is 3.42. The van der Waals surface area contributed by atoms with Gasteiger partial charge < -0.3 is 9.32 Å². The Bertz CT molecular complexity index is 810. The molecular weight excluding hydrogens is 291 g/mol. The van der Waals surface area contributed by atoms with E-state index in [1.165, 1.54) is 23.3 Å². The maximum absolute atomic E-state index is 13.2. The Hall–Kier alpha value is -2.88. The fraction of sp³-hybridized carbons (Fsp3) is 0.105. The highest BCUT2D eigenvalue weighted by molar-refractivity contribution is 5.74. The molecule has 1 aromatic heterocycles. The van der Waals surface area contributed by atoms with Crippen LogP contribution in [0.4, 0.5) is 10.1 Å². The van der Waals surface area contributed by atoms with Gasteiger partial charge in [-0.3, -0.25) is 0 Å². The van der Waals surface area contributed by atoms with Gasteiger partial charge in [0.2, 0.25) is 5.89 Å². The minimum Gasteiger partial charge on any atom is -0.447 e. The van der Waals surface area contributed by atoms with Crippen molar-refractivity contribution in [2.75, 3.05) is 4.90 Å². The molecule has 2 aromatic carbocycles. The van der Waals surface area contributed by atoms with Gasteiger partial charge in [-0.1, -0.05) is 30.3 Å². The van der Waals surface area contributed by atoms with Crippen LogP contribution in [0.1, 0.15) is 23.9 Å². The van der Waals surface area contributed by atoms with E-state index in [0.29, 0.717) is 5.89 Å². The highest BCUT2D eigenvalue weighted by Crippen LogP contribution is 2.41. The van der Waals surface area contributed by atoms with E-state index in [2.05, 4.69) is 28.2 Å². The summed E-state index contributed by atoms with van der Waals surface area (Å²) in [6.45, 7) is 0. The van der Waals surface area contributed by atoms with Gasteiger partial charge in [0.05, 0.1) is 6.20 Å². The number of benzene rings is 2. The third-order valence-corrected chi connectivity index (χ3v) is 4.05. The van der Waals surface area contributed by atoms with Crippen LogP contribution >= 0.6 is 0 Å². The first-order valence-electron chi connectivity index (χ1n) is 7.51. The van der Waals surface area contributed by atoms with Gasteiger partial charge in [0.25, 0.3) is 0 Å². The van der Waals surface area contributed by atoms with Crippen LogP contribution in [-0.2, 0) is 0 Å². The monoisotopic (exact) mass is 306 g/mol. The number of hydrogen-bond acceptors (Lipinski definition) is 3. The van der Waals surface area contributed by atoms with Crippen LogP contribution in [0.15, 0.2) is 77.7 Å². The lowest BCUT2D eigenvalue weighted by atomic mass is 10.0. The molecule has 2 heterocycles. The lowest BCUT2D eigenvalue weighted by Gasteiger charge is -2.23. The van der Waals surface area contributed by atoms with Crippen molar-refractivity contribution in [1.82, 2.24) is 4.98 Å². The van der Waals surface area contributed by atoms with E-state index in [-0.39, 0.29) is 11.9 Å². The van der Waals surface area contributed by atoms with E-state index >= 15 is 0 Å². The zero-order chi connectivity index (χ0) is 15.6. The first-order valence-corrected chi connectivity index (χ1v) is 7.51. The Morgan fingerprint density at radius 1 is 1.04 bits per heavy atom. The summed E-state index contributed by atoms with van der Waals surface area (Å²) in [6.07, 6.45) is 6.12. The summed E-state index contributed by atoms with van der Waals surface area (Å²) in [5.41, 5.74) is 3.30. The van der Waals surface area contributed by atoms with Crippen molar-refractivity contribution in [2.45, 2.75) is 12.5 Å². The standard InChI is InChI=1S/C19H15FN2O/c20-16-6-8-17(9-7-16)22-13-15(14-4-2-1-3-5-14)12-18(22)19-21-10-11-23-19/h1-11,13,18H,12H2. The first-order chi connectivity index (χ1) is 11.3. The molecule has 4 rings (SSSR count). The number of halogens is 1. The molecule has 0 saturated heterocycles. The van der Waals surface area contributed by atoms with Crippen molar-refractivity contribution in [1.29, 1.82) is 0 Å². The first kappa shape index (κ1) is 13.8. The van der Waals surface area contributed by atoms with Crippen LogP contribution in [0.25, 0.3) is 5.57 Å². The fourth-order valence-electron chi connectivity index (χ4n) is 2.93. The molecule has 114 valence electrons. The summed E-state index contributed by atoms with van der Waals surface area (Å²) in [4.78, 5) is 6.39. The summed E-state index contributed by atoms with van der Waals surface area (Å²) in [5, 5.41) is 0. The number of nitrogens with zero attached hydrogens (tertiary/aromatic N) is 2. The maximum atomic E-state index is 13.2. The number of anilines is 1. The predicted octanol–water partition coefficient (Wildman–Crippen LogP) is 4.81. The summed E-state index contributed by atoms with van der Waals surface area (Å²) in [7, 11) is 0. The third kappa shape index (κ3) is 2.63. The van der Waals surface area contributed by atoms with Crippen molar-refractivity contribution < 1.29 is 8.81 Å². The molecule has 0 N–H and O–H groups in total. The van der Waals surface area contributed by atoms with E-state index in [1.807, 2.05) is 18.2 Å². The second-order valence-electron chi connectivity index (χ2n) is 5.49. The number of hydrogen-bond donors (Lipinski definition) is 0. The number of oxazole rings is 1. The molecule has 0 spiro atoms. The molecule has 0 radical (unpaired) electrons. The average Bonchev–Trinajstić information content (AvgIpc) is 3.26. The Labute approximate surface area is 133 Å². The largest absolute Gasteiger partial charge is 0.447 e. The van der Waals surface area contributed by atoms with Crippen LogP contribution in [-0.4, -0.2) is 4.98 Å². The fourth-order valence-corrected chi connectivity index (χ4v) is 2.93. The molecule has 3 aromatic rings. The zero-order valence-corrected chi connectivity index (χ0v) is 12.4. The lowest BCUT2D eigenvalue weighted by molar-refractivity contribution is 0.454. The van der Waals surface area contributed by atoms with Gasteiger partial charge in [0.15, 0.2) is 0 Å². The molecule has 0 fully saturated rings. The molecule has 1 unspecified atom stereocenters. The zero-order valence-electron chi connectivity index (χ0n) is 12.4. The van der Waals surface area contributed by atoms with Gasteiger partial charge in [0.1, 0.15) is 18.1 Å². The van der Waals surface area contributed by atoms with Gasteiger partial charge in [0, 0.05) is 18.3 Å². The van der Waals surface area contributed by atoms with Crippen LogP contribution in [0.2, 0.25) is 0 Å². The van der Waals surface area contributed by atoms with E-state index in [0.717, 1.165) is 12.1 Å². The van der Waals surface area contributed by atoms with Crippen LogP contribution in [0.3, 0.4) is 0 Å². The SMILES string of the molecule is Fc1ccc(N2C=C(c3ccccc3)CC2c2ncco2)cc1. The quantitative estimate of drug-likeness (QED) is 0.695. The molecule has 0 amide bonds. The minimum absolute atomic E-state index is 0.0225. The average molecular weight is 306 g/mol. The van der Waals surface area contributed by atoms with Gasteiger partial charge in [-0.05, 0) is 35.4 Å². The second-order valence-corrected chi connectivity index (χ2v) is 5.49. The van der Waals surface area contributed by atoms with Crippen LogP contribution in [0, 0.1) is 5.82 Å². The highest BCUT2D eigenvalue weighted by Gasteiger charge is 2.30. The Morgan fingerprint density at radius 3 is 2.52 bits per heavy atom. The predicted molar refractivity (Wildman–Crippen MR) is 87.2 cm³/mol. The number of rotatable bonds is 3. The molecule has 1 aliphatic heterocycles.